The van der Waals surface area contributed by atoms with Crippen LogP contribution in [0.15, 0.2) is 42.5 Å². The summed E-state index contributed by atoms with van der Waals surface area (Å²) in [7, 11) is 0. The zero-order valence-electron chi connectivity index (χ0n) is 12.0. The number of esters is 1. The second kappa shape index (κ2) is 7.34. The Kier molecular flexibility index (Phi) is 5.23. The summed E-state index contributed by atoms with van der Waals surface area (Å²) < 4.78 is 23.8. The normalized spacial score (nSPS) is 10.0. The molecule has 22 heavy (non-hydrogen) atoms. The monoisotopic (exact) mass is 299 g/mol. The van der Waals surface area contributed by atoms with Crippen molar-refractivity contribution in [3.8, 4) is 11.8 Å². The van der Waals surface area contributed by atoms with Crippen molar-refractivity contribution in [3.63, 3.8) is 0 Å². The third-order valence-corrected chi connectivity index (χ3v) is 2.93. The van der Waals surface area contributed by atoms with Crippen LogP contribution in [0.4, 0.5) is 4.39 Å². The van der Waals surface area contributed by atoms with Crippen molar-refractivity contribution in [1.29, 1.82) is 5.26 Å². The van der Waals surface area contributed by atoms with Gasteiger partial charge < -0.3 is 9.47 Å². The molecule has 0 spiro atoms. The van der Waals surface area contributed by atoms with Crippen molar-refractivity contribution in [2.75, 3.05) is 6.61 Å². The first-order chi connectivity index (χ1) is 10.6. The van der Waals surface area contributed by atoms with Crippen molar-refractivity contribution < 1.29 is 18.7 Å². The van der Waals surface area contributed by atoms with Crippen molar-refractivity contribution >= 4 is 5.97 Å². The minimum absolute atomic E-state index is 0.0555. The average molecular weight is 299 g/mol. The van der Waals surface area contributed by atoms with E-state index < -0.39 is 11.8 Å². The minimum Gasteiger partial charge on any atom is -0.423 e. The third kappa shape index (κ3) is 3.90. The van der Waals surface area contributed by atoms with E-state index in [1.54, 1.807) is 30.3 Å². The summed E-state index contributed by atoms with van der Waals surface area (Å²) in [5.74, 6) is -1.26. The van der Waals surface area contributed by atoms with E-state index in [0.717, 1.165) is 11.6 Å². The maximum Gasteiger partial charge on any atom is 0.343 e. The number of benzene rings is 2. The fraction of sp³-hybridized carbons (Fsp3) is 0.176. The zero-order chi connectivity index (χ0) is 15.9. The lowest BCUT2D eigenvalue weighted by Crippen LogP contribution is -2.09. The highest BCUT2D eigenvalue weighted by Gasteiger charge is 2.10. The first-order valence-electron chi connectivity index (χ1n) is 6.72. The number of rotatable bonds is 5. The molecule has 2 aromatic carbocycles. The molecule has 0 atom stereocenters. The van der Waals surface area contributed by atoms with Gasteiger partial charge in [-0.25, -0.2) is 9.18 Å². The molecule has 0 aromatic heterocycles. The Morgan fingerprint density at radius 2 is 1.95 bits per heavy atom. The van der Waals surface area contributed by atoms with Gasteiger partial charge in [-0.2, -0.15) is 5.26 Å². The Labute approximate surface area is 127 Å². The lowest BCUT2D eigenvalue weighted by atomic mass is 10.1. The SMILES string of the molecule is CCOCc1ccc(C(=O)Oc2ccc(C#N)c(F)c2)cc1. The zero-order valence-corrected chi connectivity index (χ0v) is 12.0. The van der Waals surface area contributed by atoms with E-state index >= 15 is 0 Å². The van der Waals surface area contributed by atoms with E-state index in [-0.39, 0.29) is 11.3 Å². The summed E-state index contributed by atoms with van der Waals surface area (Å²) in [5.41, 5.74) is 1.20. The summed E-state index contributed by atoms with van der Waals surface area (Å²) >= 11 is 0. The van der Waals surface area contributed by atoms with Crippen molar-refractivity contribution in [3.05, 3.63) is 65.0 Å². The minimum atomic E-state index is -0.722. The summed E-state index contributed by atoms with van der Waals surface area (Å²) in [5, 5.41) is 8.65. The van der Waals surface area contributed by atoms with Gasteiger partial charge in [0, 0.05) is 12.7 Å². The quantitative estimate of drug-likeness (QED) is 0.626. The molecule has 4 nitrogen and oxygen atoms in total. The van der Waals surface area contributed by atoms with Crippen LogP contribution in [0.3, 0.4) is 0 Å². The largest absolute Gasteiger partial charge is 0.423 e. The number of nitriles is 1. The van der Waals surface area contributed by atoms with E-state index in [0.29, 0.717) is 18.8 Å². The van der Waals surface area contributed by atoms with Gasteiger partial charge in [-0.3, -0.25) is 0 Å². The highest BCUT2D eigenvalue weighted by molar-refractivity contribution is 5.91. The molecule has 0 heterocycles. The van der Waals surface area contributed by atoms with Crippen molar-refractivity contribution in [2.24, 2.45) is 0 Å². The van der Waals surface area contributed by atoms with Crippen LogP contribution < -0.4 is 4.74 Å². The third-order valence-electron chi connectivity index (χ3n) is 2.93. The van der Waals surface area contributed by atoms with Gasteiger partial charge in [-0.05, 0) is 36.8 Å². The van der Waals surface area contributed by atoms with Crippen LogP contribution in [0.2, 0.25) is 0 Å². The smallest absolute Gasteiger partial charge is 0.343 e. The van der Waals surface area contributed by atoms with E-state index in [4.69, 9.17) is 14.7 Å². The van der Waals surface area contributed by atoms with E-state index in [1.807, 2.05) is 6.92 Å². The van der Waals surface area contributed by atoms with Crippen LogP contribution >= 0.6 is 0 Å². The Hall–Kier alpha value is -2.71. The summed E-state index contributed by atoms with van der Waals surface area (Å²) in [6.45, 7) is 3.00. The van der Waals surface area contributed by atoms with Gasteiger partial charge in [-0.1, -0.05) is 12.1 Å². The Bertz CT molecular complexity index is 705. The van der Waals surface area contributed by atoms with Crippen LogP contribution in [-0.4, -0.2) is 12.6 Å². The lowest BCUT2D eigenvalue weighted by Gasteiger charge is -2.06. The molecule has 0 bridgehead atoms. The molecule has 0 radical (unpaired) electrons. The number of nitrogens with zero attached hydrogens (tertiary/aromatic N) is 1. The number of halogens is 1. The maximum atomic E-state index is 13.4. The highest BCUT2D eigenvalue weighted by atomic mass is 19.1. The predicted octanol–water partition coefficient (Wildman–Crippen LogP) is 3.45. The molecule has 2 aromatic rings. The topological polar surface area (TPSA) is 59.3 Å². The molecule has 0 aliphatic rings. The van der Waals surface area contributed by atoms with Crippen LogP contribution in [0.25, 0.3) is 0 Å². The first-order valence-corrected chi connectivity index (χ1v) is 6.72. The van der Waals surface area contributed by atoms with Crippen molar-refractivity contribution in [2.45, 2.75) is 13.5 Å². The number of hydrogen-bond donors (Lipinski definition) is 0. The molecule has 5 heteroatoms. The fourth-order valence-corrected chi connectivity index (χ4v) is 1.77. The van der Waals surface area contributed by atoms with Gasteiger partial charge in [0.1, 0.15) is 17.6 Å². The molecule has 0 N–H and O–H groups in total. The van der Waals surface area contributed by atoms with Gasteiger partial charge in [0.2, 0.25) is 0 Å². The fourth-order valence-electron chi connectivity index (χ4n) is 1.77. The van der Waals surface area contributed by atoms with Gasteiger partial charge in [0.25, 0.3) is 0 Å². The van der Waals surface area contributed by atoms with E-state index in [2.05, 4.69) is 0 Å². The molecule has 2 rings (SSSR count). The molecule has 112 valence electrons. The molecular weight excluding hydrogens is 285 g/mol. The Morgan fingerprint density at radius 3 is 2.55 bits per heavy atom. The van der Waals surface area contributed by atoms with Crippen molar-refractivity contribution in [1.82, 2.24) is 0 Å². The van der Waals surface area contributed by atoms with Gasteiger partial charge >= 0.3 is 5.97 Å². The molecule has 0 unspecified atom stereocenters. The summed E-state index contributed by atoms with van der Waals surface area (Å²) in [6.07, 6.45) is 0. The predicted molar refractivity (Wildman–Crippen MR) is 77.8 cm³/mol. The summed E-state index contributed by atoms with van der Waals surface area (Å²) in [6, 6.07) is 12.1. The van der Waals surface area contributed by atoms with Gasteiger partial charge in [0.15, 0.2) is 0 Å². The first kappa shape index (κ1) is 15.7. The molecule has 0 saturated carbocycles. The van der Waals surface area contributed by atoms with Crippen LogP contribution in [-0.2, 0) is 11.3 Å². The Balaban J connectivity index is 2.06. The molecule has 0 aliphatic carbocycles. The molecular formula is C17H14FNO3. The molecule has 0 saturated heterocycles. The highest BCUT2D eigenvalue weighted by Crippen LogP contribution is 2.17. The van der Waals surface area contributed by atoms with Crippen LogP contribution in [0, 0.1) is 17.1 Å². The second-order valence-corrected chi connectivity index (χ2v) is 4.48. The average Bonchev–Trinajstić information content (AvgIpc) is 2.53. The molecule has 0 fully saturated rings. The van der Waals surface area contributed by atoms with E-state index in [9.17, 15) is 9.18 Å². The van der Waals surface area contributed by atoms with E-state index in [1.165, 1.54) is 12.1 Å². The summed E-state index contributed by atoms with van der Waals surface area (Å²) in [4.78, 5) is 12.0. The molecule has 0 aliphatic heterocycles. The standard InChI is InChI=1S/C17H14FNO3/c1-2-21-11-12-3-5-13(6-4-12)17(20)22-15-8-7-14(10-19)16(18)9-15/h3-9H,2,11H2,1H3. The van der Waals surface area contributed by atoms with Gasteiger partial charge in [0.05, 0.1) is 17.7 Å². The lowest BCUT2D eigenvalue weighted by molar-refractivity contribution is 0.0734. The number of carbonyl (C=O) groups is 1. The van der Waals surface area contributed by atoms with Gasteiger partial charge in [-0.15, -0.1) is 0 Å². The number of ether oxygens (including phenoxy) is 2. The Morgan fingerprint density at radius 1 is 1.23 bits per heavy atom. The molecule has 0 amide bonds. The number of carbonyl (C=O) groups excluding carboxylic acids is 1. The van der Waals surface area contributed by atoms with Crippen LogP contribution in [0.5, 0.6) is 5.75 Å². The number of hydrogen-bond acceptors (Lipinski definition) is 4. The second-order valence-electron chi connectivity index (χ2n) is 4.48. The van der Waals surface area contributed by atoms with Crippen LogP contribution in [0.1, 0.15) is 28.4 Å². The maximum absolute atomic E-state index is 13.4.